The van der Waals surface area contributed by atoms with E-state index in [1.165, 1.54) is 5.57 Å². The lowest BCUT2D eigenvalue weighted by atomic mass is 9.96. The Balaban J connectivity index is 1.87. The van der Waals surface area contributed by atoms with Gasteiger partial charge >= 0.3 is 0 Å². The minimum Gasteiger partial charge on any atom is -0.248 e. The summed E-state index contributed by atoms with van der Waals surface area (Å²) in [7, 11) is 0. The quantitative estimate of drug-likeness (QED) is 0.426. The molecular formula is C23H17BrClN. The van der Waals surface area contributed by atoms with Gasteiger partial charge in [0.15, 0.2) is 0 Å². The van der Waals surface area contributed by atoms with Crippen LogP contribution in [0.1, 0.15) is 18.4 Å². The Hall–Kier alpha value is -2.16. The molecule has 128 valence electrons. The zero-order valence-electron chi connectivity index (χ0n) is 14.1. The van der Waals surface area contributed by atoms with E-state index in [4.69, 9.17) is 16.6 Å². The van der Waals surface area contributed by atoms with Crippen molar-refractivity contribution in [2.24, 2.45) is 0 Å². The van der Waals surface area contributed by atoms with E-state index in [9.17, 15) is 0 Å². The summed E-state index contributed by atoms with van der Waals surface area (Å²) < 4.78 is 1.06. The van der Waals surface area contributed by atoms with E-state index in [0.717, 1.165) is 50.4 Å². The maximum atomic E-state index is 6.29. The van der Waals surface area contributed by atoms with Crippen molar-refractivity contribution in [3.8, 4) is 22.5 Å². The Morgan fingerprint density at radius 2 is 1.46 bits per heavy atom. The Morgan fingerprint density at radius 1 is 0.808 bits per heavy atom. The molecule has 1 aliphatic rings. The zero-order valence-corrected chi connectivity index (χ0v) is 16.5. The highest BCUT2D eigenvalue weighted by molar-refractivity contribution is 9.10. The summed E-state index contributed by atoms with van der Waals surface area (Å²) in [6.07, 6.45) is 6.21. The number of hydrogen-bond donors (Lipinski definition) is 0. The predicted octanol–water partition coefficient (Wildman–Crippen LogP) is 7.48. The van der Waals surface area contributed by atoms with E-state index in [-0.39, 0.29) is 0 Å². The van der Waals surface area contributed by atoms with Crippen LogP contribution in [0.4, 0.5) is 0 Å². The molecule has 1 nitrogen and oxygen atoms in total. The molecule has 0 saturated carbocycles. The Labute approximate surface area is 167 Å². The molecule has 26 heavy (non-hydrogen) atoms. The molecule has 0 aliphatic heterocycles. The van der Waals surface area contributed by atoms with Crippen molar-refractivity contribution >= 4 is 33.1 Å². The van der Waals surface area contributed by atoms with Crippen LogP contribution in [0.2, 0.25) is 0 Å². The molecule has 4 rings (SSSR count). The highest BCUT2D eigenvalue weighted by atomic mass is 79.9. The molecule has 1 aliphatic carbocycles. The fraction of sp³-hybridized carbons (Fsp3) is 0.0870. The molecule has 0 bridgehead atoms. The van der Waals surface area contributed by atoms with Gasteiger partial charge in [0.05, 0.1) is 11.4 Å². The maximum absolute atomic E-state index is 6.29. The smallest absolute Gasteiger partial charge is 0.0715 e. The first kappa shape index (κ1) is 17.3. The lowest BCUT2D eigenvalue weighted by molar-refractivity contribution is 1.02. The van der Waals surface area contributed by atoms with Gasteiger partial charge < -0.3 is 0 Å². The summed E-state index contributed by atoms with van der Waals surface area (Å²) in [5, 5.41) is 0.908. The first-order chi connectivity index (χ1) is 12.7. The Morgan fingerprint density at radius 3 is 2.12 bits per heavy atom. The molecular weight excluding hydrogens is 406 g/mol. The van der Waals surface area contributed by atoms with Crippen LogP contribution in [-0.4, -0.2) is 4.98 Å². The number of nitrogens with zero attached hydrogens (tertiary/aromatic N) is 1. The van der Waals surface area contributed by atoms with Crippen molar-refractivity contribution in [3.63, 3.8) is 0 Å². The van der Waals surface area contributed by atoms with E-state index >= 15 is 0 Å². The van der Waals surface area contributed by atoms with Gasteiger partial charge in [0.25, 0.3) is 0 Å². The second kappa shape index (κ2) is 7.61. The number of hydrogen-bond acceptors (Lipinski definition) is 1. The van der Waals surface area contributed by atoms with Crippen LogP contribution in [0.15, 0.2) is 88.4 Å². The average Bonchev–Trinajstić information content (AvgIpc) is 2.69. The Bertz CT molecular complexity index is 988. The molecule has 0 radical (unpaired) electrons. The summed E-state index contributed by atoms with van der Waals surface area (Å²) in [5.41, 5.74) is 6.45. The van der Waals surface area contributed by atoms with E-state index < -0.39 is 0 Å². The molecule has 0 fully saturated rings. The fourth-order valence-corrected chi connectivity index (χ4v) is 3.58. The van der Waals surface area contributed by atoms with Gasteiger partial charge in [-0.2, -0.15) is 0 Å². The van der Waals surface area contributed by atoms with Crippen molar-refractivity contribution in [2.75, 3.05) is 0 Å². The molecule has 0 N–H and O–H groups in total. The van der Waals surface area contributed by atoms with Crippen molar-refractivity contribution in [1.29, 1.82) is 0 Å². The summed E-state index contributed by atoms with van der Waals surface area (Å²) in [6.45, 7) is 0. The van der Waals surface area contributed by atoms with Crippen LogP contribution >= 0.6 is 27.5 Å². The molecule has 3 aromatic rings. The van der Waals surface area contributed by atoms with E-state index in [1.807, 2.05) is 30.3 Å². The highest BCUT2D eigenvalue weighted by Crippen LogP contribution is 2.32. The number of pyridine rings is 1. The van der Waals surface area contributed by atoms with Crippen molar-refractivity contribution in [1.82, 2.24) is 4.98 Å². The fourth-order valence-electron chi connectivity index (χ4n) is 3.09. The maximum Gasteiger partial charge on any atom is 0.0715 e. The third-order valence-electron chi connectivity index (χ3n) is 4.43. The lowest BCUT2D eigenvalue weighted by Crippen LogP contribution is -1.94. The Kier molecular flexibility index (Phi) is 5.05. The van der Waals surface area contributed by atoms with Crippen LogP contribution < -0.4 is 0 Å². The third-order valence-corrected chi connectivity index (χ3v) is 5.25. The van der Waals surface area contributed by atoms with Crippen molar-refractivity contribution in [2.45, 2.75) is 12.8 Å². The number of halogens is 2. The van der Waals surface area contributed by atoms with Crippen molar-refractivity contribution in [3.05, 3.63) is 94.0 Å². The number of benzene rings is 2. The zero-order chi connectivity index (χ0) is 17.9. The predicted molar refractivity (Wildman–Crippen MR) is 114 cm³/mol. The molecule has 0 atom stereocenters. The van der Waals surface area contributed by atoms with Gasteiger partial charge in [-0.25, -0.2) is 4.98 Å². The second-order valence-corrected chi connectivity index (χ2v) is 7.69. The topological polar surface area (TPSA) is 12.9 Å². The van der Waals surface area contributed by atoms with Gasteiger partial charge in [-0.1, -0.05) is 76.1 Å². The van der Waals surface area contributed by atoms with Gasteiger partial charge in [-0.05, 0) is 54.3 Å². The van der Waals surface area contributed by atoms with Crippen LogP contribution in [0.25, 0.3) is 28.1 Å². The lowest BCUT2D eigenvalue weighted by Gasteiger charge is -2.13. The minimum absolute atomic E-state index is 0.908. The van der Waals surface area contributed by atoms with E-state index in [1.54, 1.807) is 0 Å². The van der Waals surface area contributed by atoms with Crippen LogP contribution in [-0.2, 0) is 0 Å². The average molecular weight is 423 g/mol. The summed E-state index contributed by atoms with van der Waals surface area (Å²) in [4.78, 5) is 4.92. The van der Waals surface area contributed by atoms with Gasteiger partial charge in [-0.3, -0.25) is 0 Å². The number of aromatic nitrogens is 1. The summed E-state index contributed by atoms with van der Waals surface area (Å²) >= 11 is 9.79. The van der Waals surface area contributed by atoms with E-state index in [0.29, 0.717) is 0 Å². The number of rotatable bonds is 3. The molecule has 0 spiro atoms. The van der Waals surface area contributed by atoms with E-state index in [2.05, 4.69) is 64.5 Å². The first-order valence-electron chi connectivity index (χ1n) is 8.59. The standard InChI is InChI=1S/C23H17BrClN/c24-20-11-9-17(10-12-20)23-15-19(18-7-4-8-21(25)13-18)14-22(26-23)16-5-2-1-3-6-16/h1-3,5-7,9-15H,4,8H2. The largest absolute Gasteiger partial charge is 0.248 e. The first-order valence-corrected chi connectivity index (χ1v) is 9.76. The molecule has 1 aromatic heterocycles. The third kappa shape index (κ3) is 3.82. The number of allylic oxidation sites excluding steroid dienone is 4. The van der Waals surface area contributed by atoms with Gasteiger partial charge in [-0.15, -0.1) is 0 Å². The van der Waals surface area contributed by atoms with Crippen LogP contribution in [0.5, 0.6) is 0 Å². The SMILES string of the molecule is ClC1=CC(c2cc(-c3ccccc3)nc(-c3ccc(Br)cc3)c2)=CCC1. The minimum atomic E-state index is 0.908. The van der Waals surface area contributed by atoms with Gasteiger partial charge in [0.2, 0.25) is 0 Å². The molecule has 0 amide bonds. The molecule has 3 heteroatoms. The van der Waals surface area contributed by atoms with Crippen LogP contribution in [0, 0.1) is 0 Å². The monoisotopic (exact) mass is 421 g/mol. The molecule has 0 saturated heterocycles. The second-order valence-electron chi connectivity index (χ2n) is 6.29. The molecule has 0 unspecified atom stereocenters. The van der Waals surface area contributed by atoms with Crippen LogP contribution in [0.3, 0.4) is 0 Å². The van der Waals surface area contributed by atoms with Gasteiger partial charge in [0, 0.05) is 20.6 Å². The van der Waals surface area contributed by atoms with Gasteiger partial charge in [0.1, 0.15) is 0 Å². The molecule has 2 aromatic carbocycles. The normalized spacial score (nSPS) is 13.9. The summed E-state index contributed by atoms with van der Waals surface area (Å²) in [6, 6.07) is 22.8. The van der Waals surface area contributed by atoms with Crippen molar-refractivity contribution < 1.29 is 0 Å². The molecule has 1 heterocycles. The summed E-state index contributed by atoms with van der Waals surface area (Å²) in [5.74, 6) is 0. The highest BCUT2D eigenvalue weighted by Gasteiger charge is 2.11.